The molecule has 0 saturated carbocycles. The van der Waals surface area contributed by atoms with Crippen molar-refractivity contribution < 1.29 is 33.0 Å². The molecule has 160 valence electrons. The summed E-state index contributed by atoms with van der Waals surface area (Å²) in [6.45, 7) is 3.46. The second kappa shape index (κ2) is 9.58. The van der Waals surface area contributed by atoms with Crippen LogP contribution in [-0.4, -0.2) is 29.4 Å². The maximum atomic E-state index is 13.8. The molecule has 0 saturated heterocycles. The van der Waals surface area contributed by atoms with Crippen LogP contribution in [0.1, 0.15) is 25.0 Å². The first-order valence-corrected chi connectivity index (χ1v) is 11.2. The fraction of sp³-hybridized carbons (Fsp3) is 0.318. The normalized spacial score (nSPS) is 18.8. The van der Waals surface area contributed by atoms with Gasteiger partial charge in [0.1, 0.15) is 0 Å². The van der Waals surface area contributed by atoms with Gasteiger partial charge in [0.15, 0.2) is 5.76 Å². The van der Waals surface area contributed by atoms with Crippen molar-refractivity contribution in [3.8, 4) is 0 Å². The average molecular weight is 432 g/mol. The van der Waals surface area contributed by atoms with E-state index in [-0.39, 0.29) is 37.9 Å². The quantitative estimate of drug-likeness (QED) is 0.533. The minimum absolute atomic E-state index is 0.119. The minimum Gasteiger partial charge on any atom is -0.490 e. The summed E-state index contributed by atoms with van der Waals surface area (Å²) in [5.74, 6) is -1.26. The van der Waals surface area contributed by atoms with Gasteiger partial charge in [0, 0.05) is 0 Å². The van der Waals surface area contributed by atoms with Crippen molar-refractivity contribution in [3.63, 3.8) is 0 Å². The zero-order valence-corrected chi connectivity index (χ0v) is 17.8. The lowest BCUT2D eigenvalue weighted by molar-refractivity contribution is -0.140. The summed E-state index contributed by atoms with van der Waals surface area (Å²) < 4.78 is 35.8. The number of ether oxygens (including phenoxy) is 2. The predicted octanol–water partition coefficient (Wildman–Crippen LogP) is 4.17. The largest absolute Gasteiger partial charge is 0.490 e. The molecule has 0 bridgehead atoms. The molecule has 1 unspecified atom stereocenters. The second-order valence-electron chi connectivity index (χ2n) is 6.54. The van der Waals surface area contributed by atoms with Gasteiger partial charge in [-0.3, -0.25) is 9.36 Å². The molecule has 0 aromatic heterocycles. The fourth-order valence-corrected chi connectivity index (χ4v) is 4.84. The summed E-state index contributed by atoms with van der Waals surface area (Å²) >= 11 is 0. The molecule has 1 N–H and O–H groups in total. The Morgan fingerprint density at radius 3 is 1.73 bits per heavy atom. The van der Waals surface area contributed by atoms with Gasteiger partial charge in [-0.25, -0.2) is 0 Å². The van der Waals surface area contributed by atoms with E-state index in [0.717, 1.165) is 0 Å². The zero-order valence-electron chi connectivity index (χ0n) is 16.9. The first kappa shape index (κ1) is 22.2. The molecule has 0 radical (unpaired) electrons. The lowest BCUT2D eigenvalue weighted by Gasteiger charge is -2.40. The molecule has 0 amide bonds. The van der Waals surface area contributed by atoms with Crippen molar-refractivity contribution in [2.24, 2.45) is 0 Å². The van der Waals surface area contributed by atoms with Gasteiger partial charge >= 0.3 is 7.60 Å². The summed E-state index contributed by atoms with van der Waals surface area (Å²) in [5, 5.41) is 8.66. The molecular weight excluding hydrogens is 407 g/mol. The third-order valence-electron chi connectivity index (χ3n) is 4.51. The summed E-state index contributed by atoms with van der Waals surface area (Å²) in [5.41, 5.74) is 1.42. The highest BCUT2D eigenvalue weighted by molar-refractivity contribution is 7.57. The molecule has 0 heterocycles. The van der Waals surface area contributed by atoms with Gasteiger partial charge in [-0.1, -0.05) is 60.7 Å². The number of rotatable bonds is 11. The van der Waals surface area contributed by atoms with Gasteiger partial charge in [0.2, 0.25) is 5.76 Å². The van der Waals surface area contributed by atoms with Crippen molar-refractivity contribution >= 4 is 13.4 Å². The Hall–Kier alpha value is -2.44. The standard InChI is InChI=1S/C22H25O7P/c1-3-26-19-20(23)22(24,21(19)27-4-2)30(25,28-15-17-11-7-5-8-12-17)29-16-18-13-9-6-10-14-18/h5-14,24H,3-4,15-16H2,1-2H3. The molecule has 0 spiro atoms. The molecule has 8 heteroatoms. The highest BCUT2D eigenvalue weighted by atomic mass is 31.2. The van der Waals surface area contributed by atoms with Gasteiger partial charge in [-0.05, 0) is 25.0 Å². The number of aliphatic hydroxyl groups is 1. The third kappa shape index (κ3) is 4.20. The maximum Gasteiger partial charge on any atom is 0.379 e. The number of benzene rings is 2. The van der Waals surface area contributed by atoms with Gasteiger partial charge in [-0.15, -0.1) is 0 Å². The Balaban J connectivity index is 1.93. The van der Waals surface area contributed by atoms with E-state index in [0.29, 0.717) is 11.1 Å². The van der Waals surface area contributed by atoms with E-state index in [9.17, 15) is 14.5 Å². The van der Waals surface area contributed by atoms with Crippen molar-refractivity contribution in [3.05, 3.63) is 83.3 Å². The Bertz CT molecular complexity index is 895. The number of hydrogen-bond acceptors (Lipinski definition) is 7. The molecule has 1 aliphatic carbocycles. The molecule has 0 aliphatic heterocycles. The Morgan fingerprint density at radius 1 is 0.833 bits per heavy atom. The van der Waals surface area contributed by atoms with Crippen molar-refractivity contribution in [1.29, 1.82) is 0 Å². The third-order valence-corrected chi connectivity index (χ3v) is 6.64. The van der Waals surface area contributed by atoms with E-state index in [1.165, 1.54) is 0 Å². The van der Waals surface area contributed by atoms with Crippen LogP contribution in [0.3, 0.4) is 0 Å². The Kier molecular flexibility index (Phi) is 7.10. The van der Waals surface area contributed by atoms with Gasteiger partial charge in [0.05, 0.1) is 26.4 Å². The molecule has 30 heavy (non-hydrogen) atoms. The lowest BCUT2D eigenvalue weighted by atomic mass is 9.98. The number of carbonyl (C=O) groups excluding carboxylic acids is 1. The van der Waals surface area contributed by atoms with E-state index < -0.39 is 18.7 Å². The maximum absolute atomic E-state index is 13.8. The van der Waals surface area contributed by atoms with Crippen LogP contribution in [0.5, 0.6) is 0 Å². The highest BCUT2D eigenvalue weighted by Crippen LogP contribution is 2.67. The van der Waals surface area contributed by atoms with Crippen molar-refractivity contribution in [2.75, 3.05) is 13.2 Å². The monoisotopic (exact) mass is 432 g/mol. The van der Waals surface area contributed by atoms with Gasteiger partial charge in [0.25, 0.3) is 11.1 Å². The first-order valence-electron chi connectivity index (χ1n) is 9.70. The van der Waals surface area contributed by atoms with Gasteiger partial charge < -0.3 is 23.6 Å². The summed E-state index contributed by atoms with van der Waals surface area (Å²) in [6, 6.07) is 18.0. The molecule has 2 aromatic carbocycles. The molecule has 3 rings (SSSR count). The highest BCUT2D eigenvalue weighted by Gasteiger charge is 2.70. The predicted molar refractivity (Wildman–Crippen MR) is 110 cm³/mol. The summed E-state index contributed by atoms with van der Waals surface area (Å²) in [7, 11) is -4.43. The Morgan fingerprint density at radius 2 is 1.30 bits per heavy atom. The Labute approximate surface area is 175 Å². The summed E-state index contributed by atoms with van der Waals surface area (Å²) in [6.07, 6.45) is 0. The topological polar surface area (TPSA) is 91.3 Å². The number of ketones is 1. The number of Topliss-reactive ketones (excluding diaryl/α,β-unsaturated/α-hetero) is 1. The van der Waals surface area contributed by atoms with E-state index in [1.54, 1.807) is 62.4 Å². The number of carbonyl (C=O) groups is 1. The SMILES string of the molecule is CCOC1=C(OCC)C(O)(P(=O)(OCc2ccccc2)OCc2ccccc2)C1=O. The van der Waals surface area contributed by atoms with Crippen LogP contribution in [0.2, 0.25) is 0 Å². The molecular formula is C22H25O7P. The second-order valence-corrected chi connectivity index (χ2v) is 8.70. The van der Waals surface area contributed by atoms with E-state index in [1.807, 2.05) is 12.1 Å². The first-order chi connectivity index (χ1) is 14.5. The van der Waals surface area contributed by atoms with Crippen LogP contribution in [0, 0.1) is 0 Å². The van der Waals surface area contributed by atoms with Crippen molar-refractivity contribution in [2.45, 2.75) is 32.4 Å². The van der Waals surface area contributed by atoms with Crippen LogP contribution in [0.25, 0.3) is 0 Å². The van der Waals surface area contributed by atoms with Crippen LogP contribution in [-0.2, 0) is 41.1 Å². The minimum atomic E-state index is -4.43. The van der Waals surface area contributed by atoms with Gasteiger partial charge in [-0.2, -0.15) is 0 Å². The molecule has 1 aliphatic rings. The van der Waals surface area contributed by atoms with Crippen molar-refractivity contribution in [1.82, 2.24) is 0 Å². The molecule has 2 aromatic rings. The molecule has 1 atom stereocenters. The molecule has 0 fully saturated rings. The zero-order chi connectivity index (χ0) is 21.6. The summed E-state index contributed by atoms with van der Waals surface area (Å²) in [4.78, 5) is 12.8. The van der Waals surface area contributed by atoms with Crippen LogP contribution in [0.4, 0.5) is 0 Å². The number of hydrogen-bond donors (Lipinski definition) is 1. The van der Waals surface area contributed by atoms with Crippen LogP contribution < -0.4 is 0 Å². The average Bonchev–Trinajstić information content (AvgIpc) is 2.79. The molecule has 7 nitrogen and oxygen atoms in total. The fourth-order valence-electron chi connectivity index (χ4n) is 2.99. The van der Waals surface area contributed by atoms with E-state index >= 15 is 0 Å². The smallest absolute Gasteiger partial charge is 0.379 e. The van der Waals surface area contributed by atoms with E-state index in [2.05, 4.69) is 0 Å². The van der Waals surface area contributed by atoms with E-state index in [4.69, 9.17) is 18.5 Å². The van der Waals surface area contributed by atoms with Crippen LogP contribution in [0.15, 0.2) is 72.2 Å². The van der Waals surface area contributed by atoms with Crippen LogP contribution >= 0.6 is 7.60 Å². The lowest BCUT2D eigenvalue weighted by Crippen LogP contribution is -2.53.